The molecule has 1 rings (SSSR count). The zero-order valence-corrected chi connectivity index (χ0v) is 15.2. The summed E-state index contributed by atoms with van der Waals surface area (Å²) in [4.78, 5) is 11.9. The fourth-order valence-electron chi connectivity index (χ4n) is 3.21. The van der Waals surface area contributed by atoms with Crippen LogP contribution in [0, 0.1) is 0 Å². The maximum atomic E-state index is 11.9. The Labute approximate surface area is 141 Å². The fourth-order valence-corrected chi connectivity index (χ4v) is 3.21. The fraction of sp³-hybridized carbons (Fsp3) is 0.938. The van der Waals surface area contributed by atoms with Crippen LogP contribution in [0.3, 0.4) is 0 Å². The van der Waals surface area contributed by atoms with Crippen LogP contribution >= 0.6 is 0 Å². The monoisotopic (exact) mass is 397 g/mol. The Morgan fingerprint density at radius 2 is 1.55 bits per heavy atom. The molecule has 1 saturated heterocycles. The number of carbonyl (C=O) groups is 1. The molecule has 1 amide bonds. The topological polar surface area (TPSA) is 37.3 Å². The highest BCUT2D eigenvalue weighted by molar-refractivity contribution is 5.70. The van der Waals surface area contributed by atoms with Gasteiger partial charge >= 0.3 is 5.91 Å². The van der Waals surface area contributed by atoms with Crippen molar-refractivity contribution in [2.45, 2.75) is 71.1 Å². The number of halogens is 1. The summed E-state index contributed by atoms with van der Waals surface area (Å²) in [5, 5.41) is 8.68. The molecule has 1 unspecified atom stereocenters. The highest BCUT2D eigenvalue weighted by Gasteiger charge is 2.38. The standard InChI is InChI=1S/C16H32NO2.HI/c1-2-17(14-11-12-16(17)19)13-9-7-5-3-4-6-8-10-15-18;/h18H,2-15H2,1H3;1H/q+1;/p-1. The van der Waals surface area contributed by atoms with Gasteiger partial charge in [0.15, 0.2) is 0 Å². The lowest BCUT2D eigenvalue weighted by Gasteiger charge is -2.30. The van der Waals surface area contributed by atoms with E-state index in [9.17, 15) is 4.79 Å². The zero-order chi connectivity index (χ0) is 14.0. The molecule has 1 N–H and O–H groups in total. The molecule has 3 nitrogen and oxygen atoms in total. The predicted molar refractivity (Wildman–Crippen MR) is 78.8 cm³/mol. The Hall–Kier alpha value is 0.320. The van der Waals surface area contributed by atoms with Gasteiger partial charge in [0.1, 0.15) is 0 Å². The number of nitrogens with zero attached hydrogens (tertiary/aromatic N) is 1. The van der Waals surface area contributed by atoms with E-state index < -0.39 is 0 Å². The summed E-state index contributed by atoms with van der Waals surface area (Å²) in [6.45, 7) is 5.63. The molecule has 0 aliphatic carbocycles. The van der Waals surface area contributed by atoms with Crippen molar-refractivity contribution >= 4 is 5.91 Å². The second-order valence-electron chi connectivity index (χ2n) is 5.96. The number of rotatable bonds is 11. The average Bonchev–Trinajstić information content (AvgIpc) is 2.79. The quantitative estimate of drug-likeness (QED) is 0.309. The molecule has 1 heterocycles. The van der Waals surface area contributed by atoms with Crippen LogP contribution in [0.5, 0.6) is 0 Å². The summed E-state index contributed by atoms with van der Waals surface area (Å²) in [5.74, 6) is 0.478. The van der Waals surface area contributed by atoms with Crippen LogP contribution in [0.2, 0.25) is 0 Å². The Morgan fingerprint density at radius 3 is 2.00 bits per heavy atom. The third kappa shape index (κ3) is 6.85. The molecule has 1 atom stereocenters. The van der Waals surface area contributed by atoms with Gasteiger partial charge in [-0.2, -0.15) is 0 Å². The van der Waals surface area contributed by atoms with Gasteiger partial charge in [-0.15, -0.1) is 0 Å². The van der Waals surface area contributed by atoms with Gasteiger partial charge in [-0.3, -0.25) is 4.48 Å². The second kappa shape index (κ2) is 11.9. The molecule has 20 heavy (non-hydrogen) atoms. The summed E-state index contributed by atoms with van der Waals surface area (Å²) in [7, 11) is 0. The number of carbonyl (C=O) groups excluding carboxylic acids is 1. The lowest BCUT2D eigenvalue weighted by molar-refractivity contribution is -0.845. The van der Waals surface area contributed by atoms with Gasteiger partial charge in [-0.1, -0.05) is 32.1 Å². The third-order valence-electron chi connectivity index (χ3n) is 4.61. The normalized spacial score (nSPS) is 22.0. The Balaban J connectivity index is 0.00000361. The number of aliphatic hydroxyl groups is 1. The van der Waals surface area contributed by atoms with Gasteiger partial charge in [0.25, 0.3) is 0 Å². The van der Waals surface area contributed by atoms with E-state index in [-0.39, 0.29) is 24.0 Å². The van der Waals surface area contributed by atoms with Crippen molar-refractivity contribution in [3.63, 3.8) is 0 Å². The number of quaternary nitrogens is 1. The van der Waals surface area contributed by atoms with Crippen molar-refractivity contribution in [2.75, 3.05) is 26.2 Å². The minimum Gasteiger partial charge on any atom is -1.00 e. The minimum absolute atomic E-state index is 0. The molecule has 1 aliphatic rings. The Bertz CT molecular complexity index is 261. The van der Waals surface area contributed by atoms with E-state index in [0.717, 1.165) is 43.4 Å². The van der Waals surface area contributed by atoms with E-state index in [1.54, 1.807) is 0 Å². The number of likely N-dealkylation sites (tertiary alicyclic amines) is 1. The summed E-state index contributed by atoms with van der Waals surface area (Å²) in [6.07, 6.45) is 11.7. The Morgan fingerprint density at radius 1 is 1.00 bits per heavy atom. The molecule has 0 saturated carbocycles. The first-order valence-electron chi connectivity index (χ1n) is 8.25. The number of hydrogen-bond acceptors (Lipinski definition) is 2. The smallest absolute Gasteiger partial charge is 0.313 e. The van der Waals surface area contributed by atoms with Crippen LogP contribution in [0.4, 0.5) is 0 Å². The highest BCUT2D eigenvalue weighted by Crippen LogP contribution is 2.22. The number of aliphatic hydroxyl groups excluding tert-OH is 1. The summed E-state index contributed by atoms with van der Waals surface area (Å²) in [6, 6.07) is 0. The highest BCUT2D eigenvalue weighted by atomic mass is 127. The van der Waals surface area contributed by atoms with Gasteiger partial charge in [0.05, 0.1) is 26.1 Å². The second-order valence-corrected chi connectivity index (χ2v) is 5.96. The number of unbranched alkanes of at least 4 members (excludes halogenated alkanes) is 7. The molecule has 120 valence electrons. The van der Waals surface area contributed by atoms with Gasteiger partial charge in [-0.05, 0) is 26.2 Å². The molecule has 0 aromatic heterocycles. The summed E-state index contributed by atoms with van der Waals surface area (Å²) >= 11 is 0. The molecule has 0 bridgehead atoms. The molecule has 0 aromatic carbocycles. The lowest BCUT2D eigenvalue weighted by Crippen LogP contribution is -3.00. The first-order valence-corrected chi connectivity index (χ1v) is 8.25. The van der Waals surface area contributed by atoms with Crippen molar-refractivity contribution in [2.24, 2.45) is 0 Å². The predicted octanol–water partition coefficient (Wildman–Crippen LogP) is 0.261. The third-order valence-corrected chi connectivity index (χ3v) is 4.61. The van der Waals surface area contributed by atoms with E-state index in [0.29, 0.717) is 12.5 Å². The van der Waals surface area contributed by atoms with Crippen molar-refractivity contribution in [1.29, 1.82) is 0 Å². The van der Waals surface area contributed by atoms with Crippen LogP contribution in [-0.2, 0) is 4.79 Å². The van der Waals surface area contributed by atoms with Crippen LogP contribution in [0.1, 0.15) is 71.1 Å². The number of amides is 1. The van der Waals surface area contributed by atoms with Crippen molar-refractivity contribution in [3.05, 3.63) is 0 Å². The van der Waals surface area contributed by atoms with Crippen molar-refractivity contribution in [3.8, 4) is 0 Å². The molecular weight excluding hydrogens is 365 g/mol. The molecule has 1 fully saturated rings. The first kappa shape index (κ1) is 20.3. The van der Waals surface area contributed by atoms with Gasteiger partial charge < -0.3 is 29.1 Å². The zero-order valence-electron chi connectivity index (χ0n) is 13.1. The average molecular weight is 397 g/mol. The summed E-state index contributed by atoms with van der Waals surface area (Å²) in [5.41, 5.74) is 0. The number of hydrogen-bond donors (Lipinski definition) is 1. The Kier molecular flexibility index (Phi) is 12.1. The molecule has 0 radical (unpaired) electrons. The lowest BCUT2D eigenvalue weighted by atomic mass is 10.1. The van der Waals surface area contributed by atoms with Crippen molar-refractivity contribution in [1.82, 2.24) is 0 Å². The molecular formula is C16H32INO2. The minimum atomic E-state index is 0. The first-order chi connectivity index (χ1) is 9.25. The van der Waals surface area contributed by atoms with E-state index in [1.807, 2.05) is 0 Å². The molecule has 0 aromatic rings. The van der Waals surface area contributed by atoms with Gasteiger partial charge in [0.2, 0.25) is 0 Å². The van der Waals surface area contributed by atoms with Crippen LogP contribution < -0.4 is 24.0 Å². The van der Waals surface area contributed by atoms with Crippen LogP contribution in [-0.4, -0.2) is 41.7 Å². The largest absolute Gasteiger partial charge is 1.00 e. The van der Waals surface area contributed by atoms with Gasteiger partial charge in [0, 0.05) is 13.0 Å². The summed E-state index contributed by atoms with van der Waals surface area (Å²) < 4.78 is 0.760. The van der Waals surface area contributed by atoms with Gasteiger partial charge in [-0.25, -0.2) is 4.79 Å². The molecule has 4 heteroatoms. The maximum absolute atomic E-state index is 11.9. The van der Waals surface area contributed by atoms with Crippen molar-refractivity contribution < 1.29 is 38.4 Å². The van der Waals surface area contributed by atoms with E-state index >= 15 is 0 Å². The molecule has 1 aliphatic heterocycles. The van der Waals surface area contributed by atoms with E-state index in [2.05, 4.69) is 6.92 Å². The maximum Gasteiger partial charge on any atom is 0.313 e. The van der Waals surface area contributed by atoms with Crippen LogP contribution in [0.15, 0.2) is 0 Å². The molecule has 0 spiro atoms. The van der Waals surface area contributed by atoms with Crippen LogP contribution in [0.25, 0.3) is 0 Å². The SMILES string of the molecule is CC[N+]1(CCCCCCCCCCO)CCCC1=O.[I-]. The van der Waals surface area contributed by atoms with E-state index in [4.69, 9.17) is 5.11 Å². The van der Waals surface area contributed by atoms with E-state index in [1.165, 1.54) is 44.9 Å².